The van der Waals surface area contributed by atoms with E-state index in [1.807, 2.05) is 20.1 Å². The summed E-state index contributed by atoms with van der Waals surface area (Å²) in [7, 11) is 0. The summed E-state index contributed by atoms with van der Waals surface area (Å²) in [6.07, 6.45) is 2.47. The summed E-state index contributed by atoms with van der Waals surface area (Å²) in [6.45, 7) is 10.7. The lowest BCUT2D eigenvalue weighted by molar-refractivity contribution is 0.187. The van der Waals surface area contributed by atoms with Gasteiger partial charge in [-0.3, -0.25) is 4.99 Å². The number of aliphatic imine (C=N–C) groups is 1. The minimum Gasteiger partial charge on any atom is -0.393 e. The van der Waals surface area contributed by atoms with E-state index in [0.717, 1.165) is 13.0 Å². The number of aliphatic hydroxyl groups is 1. The SMILES string of the molecule is CC.CC(C)C=NCCC(C)O. The molecule has 0 amide bonds. The van der Waals surface area contributed by atoms with Gasteiger partial charge in [0.2, 0.25) is 0 Å². The smallest absolute Gasteiger partial charge is 0.0529 e. The first-order valence-electron chi connectivity index (χ1n) is 4.81. The van der Waals surface area contributed by atoms with Crippen LogP contribution < -0.4 is 0 Å². The fraction of sp³-hybridized carbons (Fsp3) is 0.900. The molecule has 0 aliphatic carbocycles. The van der Waals surface area contributed by atoms with E-state index in [1.165, 1.54) is 0 Å². The Morgan fingerprint density at radius 1 is 1.25 bits per heavy atom. The average molecular weight is 173 g/mol. The van der Waals surface area contributed by atoms with Crippen molar-refractivity contribution in [3.8, 4) is 0 Å². The molecule has 0 spiro atoms. The maximum absolute atomic E-state index is 8.84. The summed E-state index contributed by atoms with van der Waals surface area (Å²) in [5, 5.41) is 8.84. The molecule has 74 valence electrons. The molecule has 0 radical (unpaired) electrons. The largest absolute Gasteiger partial charge is 0.393 e. The van der Waals surface area contributed by atoms with Gasteiger partial charge in [0.15, 0.2) is 0 Å². The Morgan fingerprint density at radius 3 is 2.08 bits per heavy atom. The minimum absolute atomic E-state index is 0.218. The molecule has 0 aliphatic rings. The maximum atomic E-state index is 8.84. The molecule has 0 aromatic carbocycles. The molecule has 2 heteroatoms. The Hall–Kier alpha value is -0.370. The van der Waals surface area contributed by atoms with Gasteiger partial charge in [-0.15, -0.1) is 0 Å². The van der Waals surface area contributed by atoms with Gasteiger partial charge in [0, 0.05) is 12.8 Å². The Kier molecular flexibility index (Phi) is 12.6. The molecule has 0 aliphatic heterocycles. The first-order valence-corrected chi connectivity index (χ1v) is 4.81. The molecule has 0 rings (SSSR count). The monoisotopic (exact) mass is 173 g/mol. The van der Waals surface area contributed by atoms with E-state index in [-0.39, 0.29) is 6.10 Å². The third-order valence-electron chi connectivity index (χ3n) is 1.08. The zero-order valence-corrected chi connectivity index (χ0v) is 9.04. The van der Waals surface area contributed by atoms with E-state index in [1.54, 1.807) is 6.92 Å². The molecule has 1 unspecified atom stereocenters. The van der Waals surface area contributed by atoms with Crippen molar-refractivity contribution in [2.24, 2.45) is 10.9 Å². The molecule has 1 N–H and O–H groups in total. The highest BCUT2D eigenvalue weighted by Crippen LogP contribution is 1.90. The lowest BCUT2D eigenvalue weighted by Crippen LogP contribution is -2.01. The number of hydrogen-bond donors (Lipinski definition) is 1. The zero-order chi connectivity index (χ0) is 9.98. The van der Waals surface area contributed by atoms with Crippen molar-refractivity contribution in [2.45, 2.75) is 47.1 Å². The van der Waals surface area contributed by atoms with Crippen LogP contribution in [0.2, 0.25) is 0 Å². The van der Waals surface area contributed by atoms with Crippen LogP contribution in [0.25, 0.3) is 0 Å². The Morgan fingerprint density at radius 2 is 1.75 bits per heavy atom. The first kappa shape index (κ1) is 14.2. The van der Waals surface area contributed by atoms with E-state index in [2.05, 4.69) is 18.8 Å². The fourth-order valence-corrected chi connectivity index (χ4v) is 0.547. The lowest BCUT2D eigenvalue weighted by Gasteiger charge is -1.99. The summed E-state index contributed by atoms with van der Waals surface area (Å²) in [5.41, 5.74) is 0. The van der Waals surface area contributed by atoms with Gasteiger partial charge in [-0.1, -0.05) is 27.7 Å². The van der Waals surface area contributed by atoms with Gasteiger partial charge in [0.1, 0.15) is 0 Å². The van der Waals surface area contributed by atoms with Crippen LogP contribution in [-0.2, 0) is 0 Å². The van der Waals surface area contributed by atoms with E-state index in [4.69, 9.17) is 5.11 Å². The van der Waals surface area contributed by atoms with Gasteiger partial charge >= 0.3 is 0 Å². The minimum atomic E-state index is -0.218. The number of nitrogens with zero attached hydrogens (tertiary/aromatic N) is 1. The van der Waals surface area contributed by atoms with E-state index < -0.39 is 0 Å². The highest BCUT2D eigenvalue weighted by atomic mass is 16.3. The van der Waals surface area contributed by atoms with E-state index in [9.17, 15) is 0 Å². The average Bonchev–Trinajstić information content (AvgIpc) is 2.02. The van der Waals surface area contributed by atoms with Crippen molar-refractivity contribution in [2.75, 3.05) is 6.54 Å². The summed E-state index contributed by atoms with van der Waals surface area (Å²) in [5.74, 6) is 0.522. The van der Waals surface area contributed by atoms with Crippen LogP contribution in [0.15, 0.2) is 4.99 Å². The molecule has 0 saturated carbocycles. The predicted octanol–water partition coefficient (Wildman–Crippen LogP) is 2.51. The Labute approximate surface area is 76.7 Å². The third kappa shape index (κ3) is 16.3. The number of aliphatic hydroxyl groups excluding tert-OH is 1. The van der Waals surface area contributed by atoms with Gasteiger partial charge in [-0.25, -0.2) is 0 Å². The molecule has 0 aromatic heterocycles. The van der Waals surface area contributed by atoms with Gasteiger partial charge in [-0.2, -0.15) is 0 Å². The van der Waals surface area contributed by atoms with Crippen molar-refractivity contribution in [1.82, 2.24) is 0 Å². The Bertz CT molecular complexity index is 98.0. The second-order valence-corrected chi connectivity index (χ2v) is 2.94. The van der Waals surface area contributed by atoms with Crippen LogP contribution >= 0.6 is 0 Å². The van der Waals surface area contributed by atoms with E-state index in [0.29, 0.717) is 5.92 Å². The van der Waals surface area contributed by atoms with Crippen molar-refractivity contribution in [1.29, 1.82) is 0 Å². The van der Waals surface area contributed by atoms with Crippen LogP contribution in [0.4, 0.5) is 0 Å². The molecular formula is C10H23NO. The van der Waals surface area contributed by atoms with Crippen LogP contribution in [0.5, 0.6) is 0 Å². The molecule has 2 nitrogen and oxygen atoms in total. The maximum Gasteiger partial charge on any atom is 0.0529 e. The van der Waals surface area contributed by atoms with Crippen LogP contribution in [0.1, 0.15) is 41.0 Å². The molecule has 0 heterocycles. The number of rotatable bonds is 4. The van der Waals surface area contributed by atoms with Gasteiger partial charge in [-0.05, 0) is 19.3 Å². The third-order valence-corrected chi connectivity index (χ3v) is 1.08. The zero-order valence-electron chi connectivity index (χ0n) is 9.04. The molecule has 12 heavy (non-hydrogen) atoms. The van der Waals surface area contributed by atoms with Crippen molar-refractivity contribution < 1.29 is 5.11 Å². The number of hydrogen-bond acceptors (Lipinski definition) is 2. The summed E-state index contributed by atoms with van der Waals surface area (Å²) >= 11 is 0. The highest BCUT2D eigenvalue weighted by Gasteiger charge is 1.91. The first-order chi connectivity index (χ1) is 5.63. The van der Waals surface area contributed by atoms with Crippen LogP contribution in [0.3, 0.4) is 0 Å². The van der Waals surface area contributed by atoms with Crippen LogP contribution in [0, 0.1) is 5.92 Å². The summed E-state index contributed by atoms with van der Waals surface area (Å²) in [6, 6.07) is 0. The van der Waals surface area contributed by atoms with Crippen molar-refractivity contribution in [3.05, 3.63) is 0 Å². The fourth-order valence-electron chi connectivity index (χ4n) is 0.547. The molecule has 0 aromatic rings. The molecule has 0 bridgehead atoms. The predicted molar refractivity (Wildman–Crippen MR) is 55.8 cm³/mol. The highest BCUT2D eigenvalue weighted by molar-refractivity contribution is 5.59. The lowest BCUT2D eigenvalue weighted by atomic mass is 10.2. The van der Waals surface area contributed by atoms with Gasteiger partial charge in [0.05, 0.1) is 6.10 Å². The van der Waals surface area contributed by atoms with Crippen molar-refractivity contribution in [3.63, 3.8) is 0 Å². The molecule has 0 saturated heterocycles. The second kappa shape index (κ2) is 10.6. The molecule has 1 atom stereocenters. The second-order valence-electron chi connectivity index (χ2n) is 2.94. The normalized spacial score (nSPS) is 12.9. The quantitative estimate of drug-likeness (QED) is 0.651. The molecule has 0 fully saturated rings. The summed E-state index contributed by atoms with van der Waals surface area (Å²) < 4.78 is 0. The Balaban J connectivity index is 0. The van der Waals surface area contributed by atoms with Crippen molar-refractivity contribution >= 4 is 6.21 Å². The topological polar surface area (TPSA) is 32.6 Å². The van der Waals surface area contributed by atoms with Gasteiger partial charge in [0.25, 0.3) is 0 Å². The standard InChI is InChI=1S/C8H17NO.C2H6/c1-7(2)6-9-5-4-8(3)10;1-2/h6-8,10H,4-5H2,1-3H3;1-2H3. The van der Waals surface area contributed by atoms with Gasteiger partial charge < -0.3 is 5.11 Å². The van der Waals surface area contributed by atoms with E-state index >= 15 is 0 Å². The summed E-state index contributed by atoms with van der Waals surface area (Å²) in [4.78, 5) is 4.13. The van der Waals surface area contributed by atoms with Crippen LogP contribution in [-0.4, -0.2) is 24.0 Å². The molecular weight excluding hydrogens is 150 g/mol.